The average molecular weight is 304 g/mol. The van der Waals surface area contributed by atoms with Crippen LogP contribution in [0.25, 0.3) is 21.7 Å². The van der Waals surface area contributed by atoms with Gasteiger partial charge in [-0.2, -0.15) is 5.10 Å². The van der Waals surface area contributed by atoms with Crippen LogP contribution in [0.3, 0.4) is 0 Å². The first-order valence-electron chi connectivity index (χ1n) is 6.21. The molecule has 0 amide bonds. The highest BCUT2D eigenvalue weighted by Crippen LogP contribution is 2.41. The Bertz CT molecular complexity index is 756. The van der Waals surface area contributed by atoms with Crippen LogP contribution in [0.2, 0.25) is 5.02 Å². The molecule has 3 aromatic rings. The van der Waals surface area contributed by atoms with Crippen molar-refractivity contribution in [2.45, 2.75) is 6.92 Å². The number of hydrogen-bond acceptors (Lipinski definition) is 3. The fraction of sp³-hybridized carbons (Fsp3) is 0.133. The minimum absolute atomic E-state index is 0.647. The van der Waals surface area contributed by atoms with Crippen molar-refractivity contribution < 1.29 is 0 Å². The number of aromatic nitrogens is 2. The lowest BCUT2D eigenvalue weighted by Gasteiger charge is -2.04. The molecule has 2 N–H and O–H groups in total. The van der Waals surface area contributed by atoms with Gasteiger partial charge in [0.15, 0.2) is 0 Å². The van der Waals surface area contributed by atoms with E-state index in [0.29, 0.717) is 10.8 Å². The summed E-state index contributed by atoms with van der Waals surface area (Å²) in [7, 11) is 1.85. The van der Waals surface area contributed by atoms with E-state index in [1.807, 2.05) is 18.5 Å². The Morgan fingerprint density at radius 1 is 1.20 bits per heavy atom. The molecular weight excluding hydrogens is 290 g/mol. The van der Waals surface area contributed by atoms with Crippen LogP contribution in [0.4, 0.5) is 5.82 Å². The summed E-state index contributed by atoms with van der Waals surface area (Å²) in [5.74, 6) is 0.647. The van der Waals surface area contributed by atoms with Gasteiger partial charge in [0.25, 0.3) is 0 Å². The Balaban J connectivity index is 2.25. The van der Waals surface area contributed by atoms with Crippen LogP contribution < -0.4 is 5.73 Å². The van der Waals surface area contributed by atoms with E-state index < -0.39 is 0 Å². The van der Waals surface area contributed by atoms with Gasteiger partial charge < -0.3 is 5.73 Å². The van der Waals surface area contributed by atoms with Crippen molar-refractivity contribution in [1.82, 2.24) is 9.78 Å². The maximum Gasteiger partial charge on any atom is 0.129 e. The van der Waals surface area contributed by atoms with E-state index in [-0.39, 0.29) is 0 Å². The van der Waals surface area contributed by atoms with E-state index in [0.717, 1.165) is 21.7 Å². The highest BCUT2D eigenvalue weighted by Gasteiger charge is 2.19. The second kappa shape index (κ2) is 4.96. The molecule has 0 aliphatic heterocycles. The molecular formula is C15H14ClN3S. The van der Waals surface area contributed by atoms with Crippen LogP contribution in [-0.2, 0) is 7.05 Å². The van der Waals surface area contributed by atoms with E-state index in [1.165, 1.54) is 5.56 Å². The van der Waals surface area contributed by atoms with Crippen LogP contribution >= 0.6 is 22.9 Å². The molecule has 3 rings (SSSR count). The molecule has 1 aromatic carbocycles. The normalized spacial score (nSPS) is 10.9. The third kappa shape index (κ3) is 2.11. The second-order valence-corrected chi connectivity index (χ2v) is 6.02. The number of nitrogen functional groups attached to an aromatic ring is 1. The Kier molecular flexibility index (Phi) is 3.28. The van der Waals surface area contributed by atoms with Gasteiger partial charge in [0.2, 0.25) is 0 Å². The number of anilines is 1. The zero-order chi connectivity index (χ0) is 14.3. The largest absolute Gasteiger partial charge is 0.383 e. The van der Waals surface area contributed by atoms with Crippen molar-refractivity contribution in [2.75, 3.05) is 5.73 Å². The number of aryl methyl sites for hydroxylation is 2. The van der Waals surface area contributed by atoms with Crippen molar-refractivity contribution in [2.24, 2.45) is 7.05 Å². The molecule has 102 valence electrons. The number of halogens is 1. The van der Waals surface area contributed by atoms with Crippen molar-refractivity contribution >= 4 is 28.8 Å². The summed E-state index contributed by atoms with van der Waals surface area (Å²) in [4.78, 5) is 0.953. The predicted octanol–water partition coefficient (Wildman–Crippen LogP) is 4.36. The smallest absolute Gasteiger partial charge is 0.129 e. The van der Waals surface area contributed by atoms with Gasteiger partial charge in [0.05, 0.1) is 15.5 Å². The minimum atomic E-state index is 0.647. The predicted molar refractivity (Wildman–Crippen MR) is 86.1 cm³/mol. The number of hydrogen-bond donors (Lipinski definition) is 1. The molecule has 0 bridgehead atoms. The van der Waals surface area contributed by atoms with Crippen LogP contribution in [0, 0.1) is 6.92 Å². The summed E-state index contributed by atoms with van der Waals surface area (Å²) < 4.78 is 1.70. The maximum atomic E-state index is 6.24. The molecule has 3 nitrogen and oxygen atoms in total. The van der Waals surface area contributed by atoms with Gasteiger partial charge in [0, 0.05) is 7.05 Å². The second-order valence-electron chi connectivity index (χ2n) is 4.70. The number of thiophene rings is 1. The molecule has 0 aliphatic rings. The molecule has 0 unspecified atom stereocenters. The number of benzene rings is 1. The first kappa shape index (κ1) is 13.2. The topological polar surface area (TPSA) is 43.8 Å². The van der Waals surface area contributed by atoms with Crippen molar-refractivity contribution in [3.8, 4) is 21.7 Å². The Morgan fingerprint density at radius 2 is 1.90 bits per heavy atom. The van der Waals surface area contributed by atoms with E-state index in [4.69, 9.17) is 17.3 Å². The molecule has 5 heteroatoms. The molecule has 0 saturated carbocycles. The van der Waals surface area contributed by atoms with Gasteiger partial charge in [0.1, 0.15) is 11.5 Å². The molecule has 0 fully saturated rings. The third-order valence-electron chi connectivity index (χ3n) is 3.26. The zero-order valence-corrected chi connectivity index (χ0v) is 12.8. The quantitative estimate of drug-likeness (QED) is 0.764. The molecule has 2 heterocycles. The number of rotatable bonds is 2. The molecule has 0 saturated heterocycles. The zero-order valence-electron chi connectivity index (χ0n) is 11.2. The van der Waals surface area contributed by atoms with Crippen molar-refractivity contribution in [3.05, 3.63) is 46.3 Å². The molecule has 2 aromatic heterocycles. The summed E-state index contributed by atoms with van der Waals surface area (Å²) in [6.45, 7) is 2.06. The molecule has 20 heavy (non-hydrogen) atoms. The van der Waals surface area contributed by atoms with Crippen LogP contribution in [-0.4, -0.2) is 9.78 Å². The summed E-state index contributed by atoms with van der Waals surface area (Å²) in [6, 6.07) is 10.1. The van der Waals surface area contributed by atoms with Gasteiger partial charge in [-0.1, -0.05) is 41.4 Å². The number of nitrogens with zero attached hydrogens (tertiary/aromatic N) is 2. The minimum Gasteiger partial charge on any atom is -0.383 e. The summed E-state index contributed by atoms with van der Waals surface area (Å²) in [5, 5.41) is 7.20. The fourth-order valence-corrected chi connectivity index (χ4v) is 3.30. The lowest BCUT2D eigenvalue weighted by Crippen LogP contribution is -1.97. The summed E-state index contributed by atoms with van der Waals surface area (Å²) in [5.41, 5.74) is 10.2. The average Bonchev–Trinajstić information content (AvgIpc) is 2.96. The molecule has 0 spiro atoms. The molecule has 0 atom stereocenters. The molecule has 0 radical (unpaired) electrons. The first-order chi connectivity index (χ1) is 9.58. The fourth-order valence-electron chi connectivity index (χ4n) is 2.16. The standard InChI is InChI=1S/C15H14ClN3S/c1-9-3-5-10(6-4-9)12-13(18-19(2)15(12)17)14-11(16)7-8-20-14/h3-8H,17H2,1-2H3. The SMILES string of the molecule is Cc1ccc(-c2c(-c3sccc3Cl)nn(C)c2N)cc1. The van der Waals surface area contributed by atoms with Gasteiger partial charge in [-0.3, -0.25) is 4.68 Å². The Hall–Kier alpha value is -1.78. The van der Waals surface area contributed by atoms with E-state index >= 15 is 0 Å². The summed E-state index contributed by atoms with van der Waals surface area (Å²) in [6.07, 6.45) is 0. The molecule has 0 aliphatic carbocycles. The van der Waals surface area contributed by atoms with Crippen LogP contribution in [0.5, 0.6) is 0 Å². The lowest BCUT2D eigenvalue weighted by atomic mass is 10.0. The Morgan fingerprint density at radius 3 is 2.50 bits per heavy atom. The van der Waals surface area contributed by atoms with Gasteiger partial charge in [-0.05, 0) is 23.9 Å². The van der Waals surface area contributed by atoms with Crippen molar-refractivity contribution in [3.63, 3.8) is 0 Å². The van der Waals surface area contributed by atoms with Crippen LogP contribution in [0.1, 0.15) is 5.56 Å². The highest BCUT2D eigenvalue weighted by molar-refractivity contribution is 7.14. The lowest BCUT2D eigenvalue weighted by molar-refractivity contribution is 0.783. The Labute approximate surface area is 126 Å². The van der Waals surface area contributed by atoms with E-state index in [2.05, 4.69) is 36.3 Å². The van der Waals surface area contributed by atoms with Gasteiger partial charge >= 0.3 is 0 Å². The monoisotopic (exact) mass is 303 g/mol. The van der Waals surface area contributed by atoms with Crippen LogP contribution in [0.15, 0.2) is 35.7 Å². The first-order valence-corrected chi connectivity index (χ1v) is 7.46. The summed E-state index contributed by atoms with van der Waals surface area (Å²) >= 11 is 7.81. The maximum absolute atomic E-state index is 6.24. The highest BCUT2D eigenvalue weighted by atomic mass is 35.5. The van der Waals surface area contributed by atoms with E-state index in [1.54, 1.807) is 16.0 Å². The van der Waals surface area contributed by atoms with Gasteiger partial charge in [-0.15, -0.1) is 11.3 Å². The third-order valence-corrected chi connectivity index (χ3v) is 4.61. The van der Waals surface area contributed by atoms with Crippen molar-refractivity contribution in [1.29, 1.82) is 0 Å². The number of nitrogens with two attached hydrogens (primary N) is 1. The van der Waals surface area contributed by atoms with Gasteiger partial charge in [-0.25, -0.2) is 0 Å². The van der Waals surface area contributed by atoms with E-state index in [9.17, 15) is 0 Å².